The highest BCUT2D eigenvalue weighted by molar-refractivity contribution is 5.73. The van der Waals surface area contributed by atoms with Crippen LogP contribution in [0.1, 0.15) is 40.0 Å². The largest absolute Gasteiger partial charge is 0.463 e. The van der Waals surface area contributed by atoms with Gasteiger partial charge in [0.25, 0.3) is 0 Å². The average molecular weight is 301 g/mol. The molecular formula is C16H31NO4. The third kappa shape index (κ3) is 5.24. The van der Waals surface area contributed by atoms with E-state index >= 15 is 0 Å². The lowest BCUT2D eigenvalue weighted by atomic mass is 9.61. The van der Waals surface area contributed by atoms with Crippen molar-refractivity contribution in [1.29, 1.82) is 0 Å². The molecule has 0 aromatic carbocycles. The van der Waals surface area contributed by atoms with E-state index in [1.54, 1.807) is 7.11 Å². The summed E-state index contributed by atoms with van der Waals surface area (Å²) in [5.41, 5.74) is 6.00. The summed E-state index contributed by atoms with van der Waals surface area (Å²) in [5, 5.41) is 0. The molecule has 124 valence electrons. The SMILES string of the molecule is COCCCOCCOC(=O)C1CCC(N)C(C)C1(C)C. The number of rotatable bonds is 8. The molecule has 3 atom stereocenters. The van der Waals surface area contributed by atoms with E-state index in [4.69, 9.17) is 19.9 Å². The molecule has 3 unspecified atom stereocenters. The van der Waals surface area contributed by atoms with Gasteiger partial charge in [-0.2, -0.15) is 0 Å². The van der Waals surface area contributed by atoms with E-state index in [2.05, 4.69) is 20.8 Å². The summed E-state index contributed by atoms with van der Waals surface area (Å²) < 4.78 is 15.7. The van der Waals surface area contributed by atoms with Crippen LogP contribution in [-0.4, -0.2) is 45.5 Å². The van der Waals surface area contributed by atoms with Crippen LogP contribution in [0.15, 0.2) is 0 Å². The van der Waals surface area contributed by atoms with Crippen molar-refractivity contribution in [2.24, 2.45) is 23.0 Å². The predicted molar refractivity (Wildman–Crippen MR) is 81.9 cm³/mol. The zero-order valence-corrected chi connectivity index (χ0v) is 13.9. The van der Waals surface area contributed by atoms with Crippen molar-refractivity contribution in [3.8, 4) is 0 Å². The Hall–Kier alpha value is -0.650. The van der Waals surface area contributed by atoms with Crippen LogP contribution in [0.3, 0.4) is 0 Å². The lowest BCUT2D eigenvalue weighted by Gasteiger charge is -2.45. The normalized spacial score (nSPS) is 28.3. The Kier molecular flexibility index (Phi) is 7.63. The molecular weight excluding hydrogens is 270 g/mol. The van der Waals surface area contributed by atoms with Gasteiger partial charge in [0.05, 0.1) is 12.5 Å². The van der Waals surface area contributed by atoms with Crippen LogP contribution in [0.4, 0.5) is 0 Å². The molecule has 0 aromatic rings. The molecule has 2 N–H and O–H groups in total. The maximum atomic E-state index is 12.3. The molecule has 0 radical (unpaired) electrons. The Morgan fingerprint density at radius 2 is 1.90 bits per heavy atom. The third-order valence-corrected chi connectivity index (χ3v) is 4.90. The smallest absolute Gasteiger partial charge is 0.309 e. The number of hydrogen-bond acceptors (Lipinski definition) is 5. The highest BCUT2D eigenvalue weighted by Gasteiger charge is 2.45. The van der Waals surface area contributed by atoms with Crippen molar-refractivity contribution in [3.05, 3.63) is 0 Å². The highest BCUT2D eigenvalue weighted by atomic mass is 16.6. The summed E-state index contributed by atoms with van der Waals surface area (Å²) in [7, 11) is 1.67. The Morgan fingerprint density at radius 3 is 2.57 bits per heavy atom. The molecule has 0 heterocycles. The molecule has 1 aliphatic rings. The van der Waals surface area contributed by atoms with Crippen LogP contribution in [0.25, 0.3) is 0 Å². The van der Waals surface area contributed by atoms with E-state index in [1.807, 2.05) is 0 Å². The van der Waals surface area contributed by atoms with Crippen molar-refractivity contribution < 1.29 is 19.0 Å². The van der Waals surface area contributed by atoms with Crippen molar-refractivity contribution in [1.82, 2.24) is 0 Å². The minimum atomic E-state index is -0.117. The molecule has 0 saturated heterocycles. The van der Waals surface area contributed by atoms with Gasteiger partial charge in [0.15, 0.2) is 0 Å². The first-order valence-electron chi connectivity index (χ1n) is 7.90. The van der Waals surface area contributed by atoms with E-state index in [-0.39, 0.29) is 23.3 Å². The number of ether oxygens (including phenoxy) is 3. The number of carbonyl (C=O) groups excluding carboxylic acids is 1. The molecule has 0 amide bonds. The number of carbonyl (C=O) groups is 1. The average Bonchev–Trinajstić information content (AvgIpc) is 2.43. The highest BCUT2D eigenvalue weighted by Crippen LogP contribution is 2.44. The fourth-order valence-corrected chi connectivity index (χ4v) is 2.98. The van der Waals surface area contributed by atoms with Gasteiger partial charge in [-0.25, -0.2) is 0 Å². The van der Waals surface area contributed by atoms with Crippen LogP contribution in [0, 0.1) is 17.3 Å². The predicted octanol–water partition coefficient (Wildman–Crippen LogP) is 1.98. The van der Waals surface area contributed by atoms with Crippen molar-refractivity contribution in [2.75, 3.05) is 33.5 Å². The number of methoxy groups -OCH3 is 1. The fraction of sp³-hybridized carbons (Fsp3) is 0.938. The van der Waals surface area contributed by atoms with E-state index in [1.165, 1.54) is 0 Å². The Labute approximate surface area is 128 Å². The molecule has 5 nitrogen and oxygen atoms in total. The Balaban J connectivity index is 2.28. The molecule has 1 rings (SSSR count). The summed E-state index contributed by atoms with van der Waals surface area (Å²) in [5.74, 6) is 0.133. The van der Waals surface area contributed by atoms with E-state index in [0.717, 1.165) is 19.3 Å². The summed E-state index contributed by atoms with van der Waals surface area (Å²) in [6.45, 7) is 8.44. The monoisotopic (exact) mass is 301 g/mol. The van der Waals surface area contributed by atoms with Crippen LogP contribution >= 0.6 is 0 Å². The maximum absolute atomic E-state index is 12.3. The standard InChI is InChI=1S/C16H31NO4/c1-12-14(17)7-6-13(16(12,2)3)15(18)21-11-10-20-9-5-8-19-4/h12-14H,5-11,17H2,1-4H3. The van der Waals surface area contributed by atoms with Crippen molar-refractivity contribution in [2.45, 2.75) is 46.1 Å². The summed E-state index contributed by atoms with van der Waals surface area (Å²) in [4.78, 5) is 12.3. The van der Waals surface area contributed by atoms with Crippen LogP contribution < -0.4 is 5.73 Å². The molecule has 5 heteroatoms. The second-order valence-corrected chi connectivity index (χ2v) is 6.53. The zero-order chi connectivity index (χ0) is 15.9. The van der Waals surface area contributed by atoms with Crippen LogP contribution in [-0.2, 0) is 19.0 Å². The fourth-order valence-electron chi connectivity index (χ4n) is 2.98. The molecule has 0 aromatic heterocycles. The number of hydrogen-bond donors (Lipinski definition) is 1. The summed E-state index contributed by atoms with van der Waals surface area (Å²) in [6.07, 6.45) is 2.55. The van der Waals surface area contributed by atoms with Crippen molar-refractivity contribution in [3.63, 3.8) is 0 Å². The topological polar surface area (TPSA) is 70.8 Å². The zero-order valence-electron chi connectivity index (χ0n) is 13.9. The summed E-state index contributed by atoms with van der Waals surface area (Å²) >= 11 is 0. The van der Waals surface area contributed by atoms with Crippen LogP contribution in [0.5, 0.6) is 0 Å². The Bertz CT molecular complexity index is 319. The summed E-state index contributed by atoms with van der Waals surface area (Å²) in [6, 6.07) is 0.174. The van der Waals surface area contributed by atoms with E-state index < -0.39 is 0 Å². The first-order chi connectivity index (χ1) is 9.91. The first-order valence-corrected chi connectivity index (χ1v) is 7.90. The first kappa shape index (κ1) is 18.4. The Morgan fingerprint density at radius 1 is 1.19 bits per heavy atom. The number of nitrogens with two attached hydrogens (primary N) is 1. The van der Waals surface area contributed by atoms with Gasteiger partial charge in [-0.1, -0.05) is 20.8 Å². The molecule has 21 heavy (non-hydrogen) atoms. The molecule has 0 spiro atoms. The number of esters is 1. The second-order valence-electron chi connectivity index (χ2n) is 6.53. The van der Waals surface area contributed by atoms with Crippen LogP contribution in [0.2, 0.25) is 0 Å². The van der Waals surface area contributed by atoms with Gasteiger partial charge in [0.1, 0.15) is 6.61 Å². The molecule has 1 aliphatic carbocycles. The van der Waals surface area contributed by atoms with Crippen molar-refractivity contribution >= 4 is 5.97 Å². The van der Waals surface area contributed by atoms with Gasteiger partial charge in [0, 0.05) is 26.4 Å². The third-order valence-electron chi connectivity index (χ3n) is 4.90. The molecule has 1 fully saturated rings. The van der Waals surface area contributed by atoms with Gasteiger partial charge in [-0.05, 0) is 30.6 Å². The molecule has 0 aliphatic heterocycles. The van der Waals surface area contributed by atoms with Gasteiger partial charge >= 0.3 is 5.97 Å². The van der Waals surface area contributed by atoms with E-state index in [9.17, 15) is 4.79 Å². The lowest BCUT2D eigenvalue weighted by molar-refractivity contribution is -0.158. The minimum Gasteiger partial charge on any atom is -0.463 e. The maximum Gasteiger partial charge on any atom is 0.309 e. The minimum absolute atomic E-state index is 0.0687. The van der Waals surface area contributed by atoms with Gasteiger partial charge in [-0.15, -0.1) is 0 Å². The second kappa shape index (κ2) is 8.71. The quantitative estimate of drug-likeness (QED) is 0.548. The van der Waals surface area contributed by atoms with Gasteiger partial charge < -0.3 is 19.9 Å². The van der Waals surface area contributed by atoms with Gasteiger partial charge in [-0.3, -0.25) is 4.79 Å². The lowest BCUT2D eigenvalue weighted by Crippen LogP contribution is -2.49. The van der Waals surface area contributed by atoms with E-state index in [0.29, 0.717) is 32.3 Å². The molecule has 0 bridgehead atoms. The molecule has 1 saturated carbocycles. The van der Waals surface area contributed by atoms with Gasteiger partial charge in [0.2, 0.25) is 0 Å².